The number of carboxylic acids is 1. The van der Waals surface area contributed by atoms with E-state index in [9.17, 15) is 19.5 Å². The molecule has 7 heteroatoms. The number of methoxy groups -OCH3 is 1. The van der Waals surface area contributed by atoms with Gasteiger partial charge >= 0.3 is 5.97 Å². The van der Waals surface area contributed by atoms with Gasteiger partial charge in [-0.05, 0) is 34.5 Å². The number of ketones is 1. The van der Waals surface area contributed by atoms with Crippen LogP contribution >= 0.6 is 0 Å². The average molecular weight is 494 g/mol. The zero-order valence-electron chi connectivity index (χ0n) is 19.9. The van der Waals surface area contributed by atoms with E-state index in [1.807, 2.05) is 30.3 Å². The van der Waals surface area contributed by atoms with E-state index in [-0.39, 0.29) is 17.8 Å². The Morgan fingerprint density at radius 2 is 1.54 bits per heavy atom. The van der Waals surface area contributed by atoms with Crippen LogP contribution in [0.3, 0.4) is 0 Å². The second-order valence-corrected chi connectivity index (χ2v) is 8.67. The van der Waals surface area contributed by atoms with Crippen LogP contribution in [0.15, 0.2) is 96.6 Å². The summed E-state index contributed by atoms with van der Waals surface area (Å²) in [5.41, 5.74) is 1.86. The lowest BCUT2D eigenvalue weighted by atomic mass is 9.92. The van der Waals surface area contributed by atoms with E-state index < -0.39 is 23.7 Å². The Balaban J connectivity index is 1.74. The maximum absolute atomic E-state index is 13.5. The number of para-hydroxylation sites is 1. The molecule has 7 nitrogen and oxygen atoms in total. The Labute approximate surface area is 212 Å². The maximum atomic E-state index is 13.5. The lowest BCUT2D eigenvalue weighted by Crippen LogP contribution is -2.29. The maximum Gasteiger partial charge on any atom is 0.307 e. The molecule has 1 aliphatic heterocycles. The van der Waals surface area contributed by atoms with Gasteiger partial charge < -0.3 is 14.9 Å². The summed E-state index contributed by atoms with van der Waals surface area (Å²) in [5, 5.41) is 22.3. The third-order valence-corrected chi connectivity index (χ3v) is 6.49. The van der Waals surface area contributed by atoms with Crippen LogP contribution in [0.1, 0.15) is 22.7 Å². The molecule has 0 spiro atoms. The highest BCUT2D eigenvalue weighted by Gasteiger charge is 2.48. The fourth-order valence-corrected chi connectivity index (χ4v) is 4.81. The standard InChI is InChI=1S/C30H23NO6/c1-37-24-12-5-4-10-23(24)27-26(28(34)22-11-6-8-19-7-2-3-9-21(19)22)29(35)30(36)31(27)20-15-13-18(14-16-20)17-25(32)33/h2-16,27,34H,17H2,1H3,(H,32,33)/b28-26+. The van der Waals surface area contributed by atoms with Gasteiger partial charge in [-0.1, -0.05) is 72.8 Å². The summed E-state index contributed by atoms with van der Waals surface area (Å²) in [6, 6.07) is 25.3. The number of anilines is 1. The number of rotatable bonds is 6. The van der Waals surface area contributed by atoms with Crippen molar-refractivity contribution in [2.45, 2.75) is 12.5 Å². The van der Waals surface area contributed by atoms with E-state index in [4.69, 9.17) is 9.84 Å². The number of carbonyl (C=O) groups is 3. The van der Waals surface area contributed by atoms with Crippen molar-refractivity contribution in [2.75, 3.05) is 12.0 Å². The SMILES string of the molecule is COc1ccccc1C1/C(=C(\O)c2cccc3ccccc23)C(=O)C(=O)N1c1ccc(CC(=O)O)cc1. The van der Waals surface area contributed by atoms with E-state index in [2.05, 4.69) is 0 Å². The van der Waals surface area contributed by atoms with E-state index in [0.29, 0.717) is 28.1 Å². The number of aliphatic hydroxyl groups excluding tert-OH is 1. The van der Waals surface area contributed by atoms with Crippen LogP contribution in [0, 0.1) is 0 Å². The molecule has 4 aromatic carbocycles. The highest BCUT2D eigenvalue weighted by molar-refractivity contribution is 6.51. The van der Waals surface area contributed by atoms with Crippen LogP contribution in [0.4, 0.5) is 5.69 Å². The van der Waals surface area contributed by atoms with Crippen molar-refractivity contribution in [1.82, 2.24) is 0 Å². The van der Waals surface area contributed by atoms with Gasteiger partial charge in [0, 0.05) is 16.8 Å². The number of hydrogen-bond donors (Lipinski definition) is 2. The van der Waals surface area contributed by atoms with E-state index in [1.54, 1.807) is 60.7 Å². The highest BCUT2D eigenvalue weighted by Crippen LogP contribution is 2.45. The average Bonchev–Trinajstić information content (AvgIpc) is 3.18. The van der Waals surface area contributed by atoms with Crippen LogP contribution in [-0.4, -0.2) is 35.0 Å². The number of hydrogen-bond acceptors (Lipinski definition) is 5. The molecule has 0 bridgehead atoms. The molecule has 0 aromatic heterocycles. The Morgan fingerprint density at radius 1 is 0.865 bits per heavy atom. The van der Waals surface area contributed by atoms with Gasteiger partial charge in [-0.15, -0.1) is 0 Å². The summed E-state index contributed by atoms with van der Waals surface area (Å²) in [6.45, 7) is 0. The van der Waals surface area contributed by atoms with Gasteiger partial charge in [0.1, 0.15) is 11.5 Å². The summed E-state index contributed by atoms with van der Waals surface area (Å²) in [4.78, 5) is 39.4. The zero-order chi connectivity index (χ0) is 26.1. The Bertz CT molecular complexity index is 1570. The van der Waals surface area contributed by atoms with Gasteiger partial charge in [-0.3, -0.25) is 19.3 Å². The molecule has 1 heterocycles. The Hall–Kier alpha value is -4.91. The molecule has 184 valence electrons. The van der Waals surface area contributed by atoms with Crippen molar-refractivity contribution >= 4 is 39.9 Å². The Morgan fingerprint density at radius 3 is 2.27 bits per heavy atom. The summed E-state index contributed by atoms with van der Waals surface area (Å²) in [6.07, 6.45) is -0.171. The van der Waals surface area contributed by atoms with Crippen molar-refractivity contribution in [1.29, 1.82) is 0 Å². The minimum Gasteiger partial charge on any atom is -0.507 e. The predicted octanol–water partition coefficient (Wildman–Crippen LogP) is 5.10. The van der Waals surface area contributed by atoms with E-state index >= 15 is 0 Å². The lowest BCUT2D eigenvalue weighted by molar-refractivity contribution is -0.136. The number of Topliss-reactive ketones (excluding diaryl/α,β-unsaturated/α-hetero) is 1. The molecule has 1 aliphatic rings. The zero-order valence-corrected chi connectivity index (χ0v) is 19.9. The minimum atomic E-state index is -0.975. The topological polar surface area (TPSA) is 104 Å². The monoisotopic (exact) mass is 493 g/mol. The molecular weight excluding hydrogens is 470 g/mol. The summed E-state index contributed by atoms with van der Waals surface area (Å²) in [7, 11) is 1.50. The number of carboxylic acid groups (broad SMARTS) is 1. The van der Waals surface area contributed by atoms with Crippen LogP contribution < -0.4 is 9.64 Å². The first-order valence-electron chi connectivity index (χ1n) is 11.6. The van der Waals surface area contributed by atoms with Crippen molar-refractivity contribution in [3.05, 3.63) is 113 Å². The molecule has 1 atom stereocenters. The first kappa shape index (κ1) is 23.8. The van der Waals surface area contributed by atoms with Crippen LogP contribution in [0.2, 0.25) is 0 Å². The van der Waals surface area contributed by atoms with Crippen molar-refractivity contribution < 1.29 is 29.3 Å². The summed E-state index contributed by atoms with van der Waals surface area (Å²) < 4.78 is 5.56. The fourth-order valence-electron chi connectivity index (χ4n) is 4.81. The fraction of sp³-hybridized carbons (Fsp3) is 0.100. The normalized spacial score (nSPS) is 16.8. The van der Waals surface area contributed by atoms with Crippen LogP contribution in [0.5, 0.6) is 5.75 Å². The first-order valence-corrected chi connectivity index (χ1v) is 11.6. The first-order chi connectivity index (χ1) is 17.9. The number of fused-ring (bicyclic) bond motifs is 1. The number of nitrogens with zero attached hydrogens (tertiary/aromatic N) is 1. The van der Waals surface area contributed by atoms with Gasteiger partial charge in [0.15, 0.2) is 0 Å². The Kier molecular flexibility index (Phi) is 6.19. The molecule has 0 saturated carbocycles. The third-order valence-electron chi connectivity index (χ3n) is 6.49. The molecule has 1 fully saturated rings. The third kappa shape index (κ3) is 4.21. The molecule has 0 radical (unpaired) electrons. The predicted molar refractivity (Wildman–Crippen MR) is 140 cm³/mol. The van der Waals surface area contributed by atoms with E-state index in [1.165, 1.54) is 12.0 Å². The minimum absolute atomic E-state index is 0.0551. The van der Waals surface area contributed by atoms with Crippen molar-refractivity contribution in [3.63, 3.8) is 0 Å². The van der Waals surface area contributed by atoms with E-state index in [0.717, 1.165) is 10.8 Å². The molecule has 1 unspecified atom stereocenters. The molecule has 2 N–H and O–H groups in total. The second kappa shape index (κ2) is 9.62. The number of aliphatic carboxylic acids is 1. The number of amides is 1. The molecule has 0 aliphatic carbocycles. The largest absolute Gasteiger partial charge is 0.507 e. The van der Waals surface area contributed by atoms with Gasteiger partial charge in [0.25, 0.3) is 11.7 Å². The number of aliphatic hydroxyl groups is 1. The number of carbonyl (C=O) groups excluding carboxylic acids is 2. The van der Waals surface area contributed by atoms with Crippen molar-refractivity contribution in [3.8, 4) is 5.75 Å². The molecule has 1 saturated heterocycles. The number of benzene rings is 4. The van der Waals surface area contributed by atoms with Crippen LogP contribution in [-0.2, 0) is 20.8 Å². The molecular formula is C30H23NO6. The van der Waals surface area contributed by atoms with Crippen LogP contribution in [0.25, 0.3) is 16.5 Å². The smallest absolute Gasteiger partial charge is 0.307 e. The quantitative estimate of drug-likeness (QED) is 0.220. The van der Waals surface area contributed by atoms with Gasteiger partial charge in [-0.2, -0.15) is 0 Å². The van der Waals surface area contributed by atoms with Gasteiger partial charge in [0.05, 0.1) is 25.1 Å². The van der Waals surface area contributed by atoms with Crippen molar-refractivity contribution in [2.24, 2.45) is 0 Å². The lowest BCUT2D eigenvalue weighted by Gasteiger charge is -2.27. The summed E-state index contributed by atoms with van der Waals surface area (Å²) >= 11 is 0. The molecule has 4 aromatic rings. The highest BCUT2D eigenvalue weighted by atomic mass is 16.5. The van der Waals surface area contributed by atoms with Gasteiger partial charge in [-0.25, -0.2) is 0 Å². The molecule has 1 amide bonds. The second-order valence-electron chi connectivity index (χ2n) is 8.67. The molecule has 37 heavy (non-hydrogen) atoms. The van der Waals surface area contributed by atoms with Gasteiger partial charge in [0.2, 0.25) is 0 Å². The number of ether oxygens (including phenoxy) is 1. The molecule has 5 rings (SSSR count). The summed E-state index contributed by atoms with van der Waals surface area (Å²) in [5.74, 6) is -2.43.